The van der Waals surface area contributed by atoms with Crippen molar-refractivity contribution in [1.82, 2.24) is 15.6 Å². The summed E-state index contributed by atoms with van der Waals surface area (Å²) in [7, 11) is 0. The Morgan fingerprint density at radius 3 is 2.90 bits per heavy atom. The molecule has 31 heavy (non-hydrogen) atoms. The predicted molar refractivity (Wildman–Crippen MR) is 117 cm³/mol. The number of aliphatic hydroxyl groups excluding tert-OH is 1. The quantitative estimate of drug-likeness (QED) is 0.606. The monoisotopic (exact) mass is 445 g/mol. The van der Waals surface area contributed by atoms with E-state index in [1.54, 1.807) is 6.20 Å². The number of nitrogens with one attached hydrogen (secondary N) is 2. The first kappa shape index (κ1) is 22.0. The molecule has 2 aliphatic heterocycles. The molecule has 1 aromatic carbocycles. The molecule has 0 unspecified atom stereocenters. The highest BCUT2D eigenvalue weighted by atomic mass is 35.5. The van der Waals surface area contributed by atoms with E-state index < -0.39 is 17.7 Å². The van der Waals surface area contributed by atoms with Crippen molar-refractivity contribution in [1.29, 1.82) is 0 Å². The summed E-state index contributed by atoms with van der Waals surface area (Å²) in [6, 6.07) is 11.2. The highest BCUT2D eigenvalue weighted by molar-refractivity contribution is 6.30. The van der Waals surface area contributed by atoms with Crippen LogP contribution in [-0.4, -0.2) is 53.5 Å². The van der Waals surface area contributed by atoms with Crippen LogP contribution in [0.15, 0.2) is 42.6 Å². The van der Waals surface area contributed by atoms with Gasteiger partial charge in [-0.25, -0.2) is 4.98 Å². The summed E-state index contributed by atoms with van der Waals surface area (Å²) in [6.07, 6.45) is 2.82. The second kappa shape index (κ2) is 9.53. The fourth-order valence-electron chi connectivity index (χ4n) is 4.34. The summed E-state index contributed by atoms with van der Waals surface area (Å²) in [5.41, 5.74) is 1.50. The van der Waals surface area contributed by atoms with Crippen molar-refractivity contribution < 1.29 is 19.4 Å². The molecule has 3 N–H and O–H groups in total. The third-order valence-corrected chi connectivity index (χ3v) is 6.11. The summed E-state index contributed by atoms with van der Waals surface area (Å²) in [5.74, 6) is 0.380. The van der Waals surface area contributed by atoms with Gasteiger partial charge in [0.2, 0.25) is 11.8 Å². The van der Waals surface area contributed by atoms with Crippen LogP contribution in [0.4, 0.5) is 0 Å². The van der Waals surface area contributed by atoms with Crippen LogP contribution in [0.2, 0.25) is 5.02 Å². The topological polar surface area (TPSA) is 92.7 Å². The molecular weight excluding hydrogens is 418 g/mol. The Bertz CT molecular complexity index is 905. The Hall–Kier alpha value is -2.19. The molecule has 0 saturated carbocycles. The van der Waals surface area contributed by atoms with E-state index in [4.69, 9.17) is 21.1 Å². The first-order chi connectivity index (χ1) is 14.9. The molecule has 0 radical (unpaired) electrons. The van der Waals surface area contributed by atoms with Crippen LogP contribution in [0.3, 0.4) is 0 Å². The van der Waals surface area contributed by atoms with E-state index >= 15 is 0 Å². The number of benzene rings is 1. The molecule has 0 bridgehead atoms. The molecule has 1 amide bonds. The molecule has 0 aliphatic carbocycles. The number of nitrogens with zero attached hydrogens (tertiary/aromatic N) is 1. The fourth-order valence-corrected chi connectivity index (χ4v) is 4.50. The predicted octanol–water partition coefficient (Wildman–Crippen LogP) is 2.42. The van der Waals surface area contributed by atoms with Crippen molar-refractivity contribution in [2.75, 3.05) is 19.8 Å². The number of amides is 1. The van der Waals surface area contributed by atoms with Crippen LogP contribution in [0.25, 0.3) is 0 Å². The average molecular weight is 446 g/mol. The lowest BCUT2D eigenvalue weighted by atomic mass is 9.87. The lowest BCUT2D eigenvalue weighted by Crippen LogP contribution is -2.50. The molecule has 8 heteroatoms. The van der Waals surface area contributed by atoms with Crippen molar-refractivity contribution in [3.63, 3.8) is 0 Å². The highest BCUT2D eigenvalue weighted by Crippen LogP contribution is 2.42. The highest BCUT2D eigenvalue weighted by Gasteiger charge is 2.45. The largest absolute Gasteiger partial charge is 0.468 e. The molecule has 2 aliphatic rings. The minimum atomic E-state index is -0.779. The maximum Gasteiger partial charge on any atom is 0.218 e. The molecule has 7 nitrogen and oxygen atoms in total. The van der Waals surface area contributed by atoms with Gasteiger partial charge in [0.15, 0.2) is 0 Å². The lowest BCUT2D eigenvalue weighted by molar-refractivity contribution is -0.120. The van der Waals surface area contributed by atoms with Gasteiger partial charge in [0, 0.05) is 44.1 Å². The van der Waals surface area contributed by atoms with Crippen LogP contribution in [0.5, 0.6) is 5.88 Å². The number of carbonyl (C=O) groups is 1. The van der Waals surface area contributed by atoms with Gasteiger partial charge in [0.1, 0.15) is 5.60 Å². The van der Waals surface area contributed by atoms with Gasteiger partial charge in [-0.1, -0.05) is 41.9 Å². The smallest absolute Gasteiger partial charge is 0.218 e. The maximum absolute atomic E-state index is 11.7. The zero-order chi connectivity index (χ0) is 21.8. The Kier molecular flexibility index (Phi) is 6.77. The SMILES string of the molecule is CC(=O)N[C@@H](Cc1ccccc1)[C@H](O)CN[C@H]1C[C@@]2(CCOC2)Oc2ncc(Cl)cc21. The van der Waals surface area contributed by atoms with E-state index in [1.165, 1.54) is 6.92 Å². The first-order valence-electron chi connectivity index (χ1n) is 10.6. The molecule has 4 rings (SSSR count). The van der Waals surface area contributed by atoms with E-state index in [0.717, 1.165) is 17.5 Å². The van der Waals surface area contributed by atoms with Gasteiger partial charge >= 0.3 is 0 Å². The average Bonchev–Trinajstić information content (AvgIpc) is 3.19. The van der Waals surface area contributed by atoms with Gasteiger partial charge in [-0.3, -0.25) is 4.79 Å². The molecule has 3 heterocycles. The van der Waals surface area contributed by atoms with E-state index in [9.17, 15) is 9.90 Å². The van der Waals surface area contributed by atoms with E-state index in [1.807, 2.05) is 36.4 Å². The molecular formula is C23H28ClN3O4. The molecule has 1 spiro atoms. The Balaban J connectivity index is 1.48. The summed E-state index contributed by atoms with van der Waals surface area (Å²) in [5, 5.41) is 17.8. The van der Waals surface area contributed by atoms with Crippen molar-refractivity contribution >= 4 is 17.5 Å². The zero-order valence-corrected chi connectivity index (χ0v) is 18.3. The van der Waals surface area contributed by atoms with Crippen LogP contribution in [0.1, 0.15) is 36.9 Å². The van der Waals surface area contributed by atoms with Crippen molar-refractivity contribution in [2.45, 2.75) is 50.0 Å². The Labute approximate surface area is 187 Å². The fraction of sp³-hybridized carbons (Fsp3) is 0.478. The minimum absolute atomic E-state index is 0.0963. The summed E-state index contributed by atoms with van der Waals surface area (Å²) in [6.45, 7) is 2.93. The second-order valence-electron chi connectivity index (χ2n) is 8.36. The first-order valence-corrected chi connectivity index (χ1v) is 11.0. The van der Waals surface area contributed by atoms with Crippen LogP contribution in [-0.2, 0) is 16.0 Å². The Morgan fingerprint density at radius 1 is 1.39 bits per heavy atom. The standard InChI is InChI=1S/C23H28ClN3O4/c1-15(28)27-19(9-16-5-3-2-4-6-16)21(29)13-25-20-11-23(7-8-30-14-23)31-22-18(20)10-17(24)12-26-22/h2-6,10,12,19-21,25,29H,7-9,11,13-14H2,1H3,(H,27,28)/t19-,20-,21+,23+/m0/s1. The summed E-state index contributed by atoms with van der Waals surface area (Å²) < 4.78 is 11.8. The number of rotatable bonds is 7. The summed E-state index contributed by atoms with van der Waals surface area (Å²) in [4.78, 5) is 16.1. The number of carbonyl (C=O) groups excluding carboxylic acids is 1. The number of fused-ring (bicyclic) bond motifs is 1. The molecule has 2 aromatic rings. The number of halogens is 1. The van der Waals surface area contributed by atoms with Gasteiger partial charge in [0.25, 0.3) is 0 Å². The number of hydrogen-bond acceptors (Lipinski definition) is 6. The van der Waals surface area contributed by atoms with Gasteiger partial charge in [-0.15, -0.1) is 0 Å². The second-order valence-corrected chi connectivity index (χ2v) is 8.80. The number of hydrogen-bond donors (Lipinski definition) is 3. The molecule has 1 saturated heterocycles. The maximum atomic E-state index is 11.7. The zero-order valence-electron chi connectivity index (χ0n) is 17.5. The number of pyridine rings is 1. The lowest BCUT2D eigenvalue weighted by Gasteiger charge is -2.39. The molecule has 1 aromatic heterocycles. The third-order valence-electron chi connectivity index (χ3n) is 5.90. The minimum Gasteiger partial charge on any atom is -0.468 e. The Morgan fingerprint density at radius 2 is 2.19 bits per heavy atom. The normalized spacial score (nSPS) is 24.3. The van der Waals surface area contributed by atoms with Crippen LogP contribution < -0.4 is 15.4 Å². The van der Waals surface area contributed by atoms with E-state index in [0.29, 0.717) is 43.5 Å². The van der Waals surface area contributed by atoms with E-state index in [-0.39, 0.29) is 11.9 Å². The van der Waals surface area contributed by atoms with Crippen molar-refractivity contribution in [3.05, 3.63) is 58.7 Å². The van der Waals surface area contributed by atoms with Crippen LogP contribution in [0, 0.1) is 0 Å². The van der Waals surface area contributed by atoms with E-state index in [2.05, 4.69) is 15.6 Å². The number of aromatic nitrogens is 1. The molecule has 4 atom stereocenters. The van der Waals surface area contributed by atoms with Crippen molar-refractivity contribution in [3.8, 4) is 5.88 Å². The van der Waals surface area contributed by atoms with Gasteiger partial charge in [-0.05, 0) is 18.1 Å². The van der Waals surface area contributed by atoms with Crippen molar-refractivity contribution in [2.24, 2.45) is 0 Å². The van der Waals surface area contributed by atoms with Gasteiger partial charge in [0.05, 0.1) is 30.4 Å². The molecule has 1 fully saturated rings. The van der Waals surface area contributed by atoms with Crippen LogP contribution >= 0.6 is 11.6 Å². The molecule has 166 valence electrons. The number of aliphatic hydroxyl groups is 1. The summed E-state index contributed by atoms with van der Waals surface area (Å²) >= 11 is 6.19. The third kappa shape index (κ3) is 5.36. The van der Waals surface area contributed by atoms with Gasteiger partial charge < -0.3 is 25.2 Å². The number of ether oxygens (including phenoxy) is 2. The van der Waals surface area contributed by atoms with Gasteiger partial charge in [-0.2, -0.15) is 0 Å².